The molecular formula is C26H27N2O3P. The summed E-state index contributed by atoms with van der Waals surface area (Å²) >= 11 is 0. The molecule has 1 fully saturated rings. The monoisotopic (exact) mass is 446 g/mol. The molecule has 0 N–H and O–H groups in total. The van der Waals surface area contributed by atoms with Crippen molar-refractivity contribution in [3.63, 3.8) is 0 Å². The Hall–Kier alpha value is -3.30. The van der Waals surface area contributed by atoms with Gasteiger partial charge in [0.15, 0.2) is 0 Å². The summed E-state index contributed by atoms with van der Waals surface area (Å²) in [5, 5.41) is 0.354. The van der Waals surface area contributed by atoms with Crippen LogP contribution in [0, 0.1) is 0 Å². The van der Waals surface area contributed by atoms with Crippen molar-refractivity contribution < 1.29 is 14.1 Å². The summed E-state index contributed by atoms with van der Waals surface area (Å²) < 4.78 is 24.3. The highest BCUT2D eigenvalue weighted by Gasteiger charge is 2.49. The smallest absolute Gasteiger partial charge is 0.318 e. The number of hydrogen-bond donors (Lipinski definition) is 0. The number of para-hydroxylation sites is 2. The second-order valence-electron chi connectivity index (χ2n) is 7.55. The number of carbonyl (C=O) groups excluding carboxylic acids is 1. The fourth-order valence-corrected chi connectivity index (χ4v) is 7.26. The summed E-state index contributed by atoms with van der Waals surface area (Å²) in [5.41, 5.74) is 2.40. The number of rotatable bonds is 7. The lowest BCUT2D eigenvalue weighted by molar-refractivity contribution is -0.143. The zero-order valence-electron chi connectivity index (χ0n) is 18.1. The molecule has 1 heterocycles. The largest absolute Gasteiger partial charge is 0.465 e. The van der Waals surface area contributed by atoms with Gasteiger partial charge >= 0.3 is 5.97 Å². The molecule has 1 saturated heterocycles. The van der Waals surface area contributed by atoms with E-state index in [0.717, 1.165) is 16.9 Å². The number of ether oxygens (including phenoxy) is 1. The van der Waals surface area contributed by atoms with Crippen molar-refractivity contribution in [1.82, 2.24) is 0 Å². The van der Waals surface area contributed by atoms with E-state index in [4.69, 9.17) is 4.74 Å². The summed E-state index contributed by atoms with van der Waals surface area (Å²) in [6.45, 7) is 7.41. The maximum Gasteiger partial charge on any atom is 0.318 e. The van der Waals surface area contributed by atoms with E-state index in [-0.39, 0.29) is 6.61 Å². The van der Waals surface area contributed by atoms with Crippen LogP contribution in [0.2, 0.25) is 0 Å². The van der Waals surface area contributed by atoms with Crippen LogP contribution in [0.3, 0.4) is 0 Å². The Balaban J connectivity index is 1.85. The van der Waals surface area contributed by atoms with Gasteiger partial charge in [-0.15, -0.1) is 0 Å². The first-order valence-electron chi connectivity index (χ1n) is 10.7. The number of hydrogen-bond acceptors (Lipinski definition) is 3. The van der Waals surface area contributed by atoms with Crippen molar-refractivity contribution in [1.29, 1.82) is 0 Å². The molecule has 3 aromatic rings. The molecule has 1 aliphatic rings. The molecule has 0 aromatic heterocycles. The third kappa shape index (κ3) is 3.96. The molecule has 164 valence electrons. The van der Waals surface area contributed by atoms with Gasteiger partial charge in [0.25, 0.3) is 7.44 Å². The molecule has 1 unspecified atom stereocenters. The van der Waals surface area contributed by atoms with Crippen molar-refractivity contribution in [2.45, 2.75) is 12.8 Å². The Labute approximate surface area is 189 Å². The van der Waals surface area contributed by atoms with E-state index in [0.29, 0.717) is 18.4 Å². The second-order valence-corrected chi connectivity index (χ2v) is 10.2. The van der Waals surface area contributed by atoms with Crippen molar-refractivity contribution >= 4 is 24.8 Å². The molecule has 0 amide bonds. The van der Waals surface area contributed by atoms with Gasteiger partial charge in [-0.05, 0) is 36.8 Å². The molecule has 0 saturated carbocycles. The fourth-order valence-electron chi connectivity index (χ4n) is 4.18. The predicted molar refractivity (Wildman–Crippen MR) is 130 cm³/mol. The van der Waals surface area contributed by atoms with E-state index in [1.54, 1.807) is 6.92 Å². The molecule has 0 bridgehead atoms. The number of carbonyl (C=O) groups is 1. The number of nitrogens with zero attached hydrogens (tertiary/aromatic N) is 2. The van der Waals surface area contributed by atoms with Gasteiger partial charge in [0.2, 0.25) is 0 Å². The van der Waals surface area contributed by atoms with Gasteiger partial charge in [-0.2, -0.15) is 0 Å². The van der Waals surface area contributed by atoms with Crippen molar-refractivity contribution in [2.24, 2.45) is 0 Å². The third-order valence-electron chi connectivity index (χ3n) is 5.65. The minimum Gasteiger partial charge on any atom is -0.465 e. The lowest BCUT2D eigenvalue weighted by Crippen LogP contribution is -2.26. The molecule has 4 rings (SSSR count). The molecule has 5 nitrogen and oxygen atoms in total. The molecule has 0 radical (unpaired) electrons. The zero-order chi connectivity index (χ0) is 22.6. The molecule has 3 aromatic carbocycles. The first-order chi connectivity index (χ1) is 15.6. The Bertz CT molecular complexity index is 1070. The van der Waals surface area contributed by atoms with Crippen LogP contribution in [0.1, 0.15) is 18.4 Å². The van der Waals surface area contributed by atoms with Crippen molar-refractivity contribution in [2.75, 3.05) is 29.0 Å². The Morgan fingerprint density at radius 3 is 1.75 bits per heavy atom. The molecular weight excluding hydrogens is 419 g/mol. The van der Waals surface area contributed by atoms with Crippen LogP contribution in [0.5, 0.6) is 0 Å². The lowest BCUT2D eigenvalue weighted by atomic mass is 9.99. The Morgan fingerprint density at radius 2 is 1.31 bits per heavy atom. The highest BCUT2D eigenvalue weighted by atomic mass is 31.2. The zero-order valence-corrected chi connectivity index (χ0v) is 19.0. The summed E-state index contributed by atoms with van der Waals surface area (Å²) in [4.78, 5) is 13.1. The number of benzene rings is 3. The quantitative estimate of drug-likeness (QED) is 0.326. The molecule has 1 atom stereocenters. The number of esters is 1. The third-order valence-corrected chi connectivity index (χ3v) is 8.83. The summed E-state index contributed by atoms with van der Waals surface area (Å²) in [5.74, 6) is -1.27. The Morgan fingerprint density at radius 1 is 0.875 bits per heavy atom. The molecule has 1 aliphatic heterocycles. The first kappa shape index (κ1) is 21.9. The highest BCUT2D eigenvalue weighted by molar-refractivity contribution is 7.71. The standard InChI is InChI=1S/C26H27N2O3P/c1-3-31-26(29)25(22-13-7-4-8-14-22)21(2)32(30)27(23-15-9-5-10-16-23)19-20-28(32)24-17-11-6-12-18-24/h4-18,25H,2-3,19-20H2,1H3. The number of anilines is 2. The van der Waals surface area contributed by atoms with Gasteiger partial charge in [0.05, 0.1) is 6.61 Å². The molecule has 0 aliphatic carbocycles. The van der Waals surface area contributed by atoms with Crippen LogP contribution in [-0.4, -0.2) is 25.7 Å². The summed E-state index contributed by atoms with van der Waals surface area (Å²) in [6.07, 6.45) is 0. The van der Waals surface area contributed by atoms with Gasteiger partial charge in [-0.3, -0.25) is 9.36 Å². The summed E-state index contributed by atoms with van der Waals surface area (Å²) in [6, 6.07) is 28.6. The maximum atomic E-state index is 15.0. The molecule has 0 spiro atoms. The van der Waals surface area contributed by atoms with E-state index in [1.165, 1.54) is 0 Å². The lowest BCUT2D eigenvalue weighted by Gasteiger charge is -2.36. The van der Waals surface area contributed by atoms with Crippen LogP contribution in [0.4, 0.5) is 11.4 Å². The van der Waals surface area contributed by atoms with Crippen molar-refractivity contribution in [3.05, 3.63) is 108 Å². The van der Waals surface area contributed by atoms with Crippen LogP contribution in [-0.2, 0) is 14.1 Å². The normalized spacial score (nSPS) is 15.9. The van der Waals surface area contributed by atoms with E-state index in [1.807, 2.05) is 100 Å². The van der Waals surface area contributed by atoms with Crippen LogP contribution in [0.25, 0.3) is 0 Å². The van der Waals surface area contributed by atoms with E-state index < -0.39 is 19.3 Å². The van der Waals surface area contributed by atoms with E-state index >= 15 is 4.57 Å². The Kier molecular flexibility index (Phi) is 6.48. The van der Waals surface area contributed by atoms with Gasteiger partial charge < -0.3 is 14.1 Å². The van der Waals surface area contributed by atoms with Gasteiger partial charge in [0, 0.05) is 29.8 Å². The second kappa shape index (κ2) is 9.46. The van der Waals surface area contributed by atoms with Gasteiger partial charge in [-0.1, -0.05) is 73.3 Å². The highest BCUT2D eigenvalue weighted by Crippen LogP contribution is 2.67. The molecule has 32 heavy (non-hydrogen) atoms. The minimum absolute atomic E-state index is 0.241. The van der Waals surface area contributed by atoms with Crippen molar-refractivity contribution in [3.8, 4) is 0 Å². The average molecular weight is 446 g/mol. The van der Waals surface area contributed by atoms with E-state index in [9.17, 15) is 4.79 Å². The van der Waals surface area contributed by atoms with Gasteiger partial charge in [-0.25, -0.2) is 0 Å². The van der Waals surface area contributed by atoms with Crippen LogP contribution >= 0.6 is 7.44 Å². The molecule has 6 heteroatoms. The average Bonchev–Trinajstić information content (AvgIpc) is 3.19. The maximum absolute atomic E-state index is 15.0. The SMILES string of the molecule is C=C(C(C(=O)OCC)c1ccccc1)P1(=O)N(c2ccccc2)CCN1c1ccccc1. The predicted octanol–water partition coefficient (Wildman–Crippen LogP) is 6.07. The minimum atomic E-state index is -3.45. The topological polar surface area (TPSA) is 49.9 Å². The summed E-state index contributed by atoms with van der Waals surface area (Å²) in [7, 11) is -3.45. The fraction of sp³-hybridized carbons (Fsp3) is 0.192. The first-order valence-corrected chi connectivity index (χ1v) is 12.4. The van der Waals surface area contributed by atoms with E-state index in [2.05, 4.69) is 6.58 Å². The van der Waals surface area contributed by atoms with Gasteiger partial charge in [0.1, 0.15) is 5.92 Å². The van der Waals surface area contributed by atoms with Crippen LogP contribution < -0.4 is 9.34 Å². The van der Waals surface area contributed by atoms with Crippen LogP contribution in [0.15, 0.2) is 103 Å².